The van der Waals surface area contributed by atoms with Crippen LogP contribution in [0.15, 0.2) is 63.7 Å². The summed E-state index contributed by atoms with van der Waals surface area (Å²) < 4.78 is 10.4. The number of aliphatic hydroxyl groups is 1. The predicted octanol–water partition coefficient (Wildman–Crippen LogP) is 5.25. The predicted molar refractivity (Wildman–Crippen MR) is 115 cm³/mol. The van der Waals surface area contributed by atoms with Crippen LogP contribution in [0.1, 0.15) is 12.5 Å². The quantitative estimate of drug-likeness (QED) is 0.629. The molecule has 0 amide bonds. The van der Waals surface area contributed by atoms with Crippen molar-refractivity contribution in [1.29, 1.82) is 0 Å². The summed E-state index contributed by atoms with van der Waals surface area (Å²) in [6.07, 6.45) is 1.65. The molecule has 29 heavy (non-hydrogen) atoms. The van der Waals surface area contributed by atoms with Crippen molar-refractivity contribution in [2.24, 2.45) is 4.99 Å². The standard InChI is InChI=1S/C21H18ClNO5S/c1-3-28-21(26)18-19(25)17(9-12-7-8-15(24)11-16(12)27-2)29-20(18)23-14-6-4-5-13(22)10-14/h4-11,24-25H,3H2,1-2H3. The summed E-state index contributed by atoms with van der Waals surface area (Å²) >= 11 is 7.14. The van der Waals surface area contributed by atoms with E-state index in [1.54, 1.807) is 43.3 Å². The Morgan fingerprint density at radius 2 is 2.03 bits per heavy atom. The maximum atomic E-state index is 12.4. The molecule has 150 valence electrons. The number of methoxy groups -OCH3 is 1. The van der Waals surface area contributed by atoms with Gasteiger partial charge in [-0.05, 0) is 43.3 Å². The van der Waals surface area contributed by atoms with Gasteiger partial charge >= 0.3 is 5.97 Å². The number of ether oxygens (including phenoxy) is 2. The number of hydrogen-bond donors (Lipinski definition) is 2. The lowest BCUT2D eigenvalue weighted by Crippen LogP contribution is -2.12. The molecule has 0 saturated carbocycles. The fourth-order valence-electron chi connectivity index (χ4n) is 2.62. The molecule has 1 heterocycles. The van der Waals surface area contributed by atoms with E-state index < -0.39 is 5.97 Å². The molecule has 2 aromatic carbocycles. The molecule has 1 aliphatic rings. The average molecular weight is 432 g/mol. The van der Waals surface area contributed by atoms with E-state index in [0.717, 1.165) is 11.8 Å². The van der Waals surface area contributed by atoms with E-state index in [1.807, 2.05) is 0 Å². The second-order valence-corrected chi connectivity index (χ2v) is 7.34. The Bertz CT molecular complexity index is 1050. The van der Waals surface area contributed by atoms with E-state index in [2.05, 4.69) is 4.99 Å². The Morgan fingerprint density at radius 1 is 1.24 bits per heavy atom. The molecule has 0 aliphatic carbocycles. The molecule has 6 nitrogen and oxygen atoms in total. The van der Waals surface area contributed by atoms with Crippen molar-refractivity contribution in [3.05, 3.63) is 69.3 Å². The van der Waals surface area contributed by atoms with Crippen molar-refractivity contribution in [2.75, 3.05) is 13.7 Å². The second kappa shape index (κ2) is 9.07. The number of phenols is 1. The largest absolute Gasteiger partial charge is 0.508 e. The van der Waals surface area contributed by atoms with Crippen molar-refractivity contribution in [3.63, 3.8) is 0 Å². The second-order valence-electron chi connectivity index (χ2n) is 5.88. The van der Waals surface area contributed by atoms with Crippen molar-refractivity contribution in [3.8, 4) is 11.5 Å². The summed E-state index contributed by atoms with van der Waals surface area (Å²) in [6, 6.07) is 11.5. The van der Waals surface area contributed by atoms with Crippen LogP contribution in [0.2, 0.25) is 5.02 Å². The van der Waals surface area contributed by atoms with Crippen LogP contribution in [-0.4, -0.2) is 34.9 Å². The smallest absolute Gasteiger partial charge is 0.344 e. The van der Waals surface area contributed by atoms with Crippen LogP contribution in [-0.2, 0) is 9.53 Å². The molecule has 0 spiro atoms. The molecule has 0 saturated heterocycles. The number of aliphatic hydroxyl groups excluding tert-OH is 1. The molecule has 0 aromatic heterocycles. The number of nitrogens with zero attached hydrogens (tertiary/aromatic N) is 1. The third-order valence-electron chi connectivity index (χ3n) is 3.91. The van der Waals surface area contributed by atoms with Crippen molar-refractivity contribution >= 4 is 46.1 Å². The Balaban J connectivity index is 2.08. The summed E-state index contributed by atoms with van der Waals surface area (Å²) in [5.41, 5.74) is 1.14. The van der Waals surface area contributed by atoms with Gasteiger partial charge in [-0.25, -0.2) is 9.79 Å². The molecule has 2 N–H and O–H groups in total. The zero-order valence-electron chi connectivity index (χ0n) is 15.7. The molecule has 0 atom stereocenters. The molecule has 0 bridgehead atoms. The monoisotopic (exact) mass is 431 g/mol. The maximum Gasteiger partial charge on any atom is 0.344 e. The van der Waals surface area contributed by atoms with Gasteiger partial charge in [0.1, 0.15) is 27.9 Å². The zero-order chi connectivity index (χ0) is 21.0. The van der Waals surface area contributed by atoms with E-state index in [9.17, 15) is 15.0 Å². The van der Waals surface area contributed by atoms with Gasteiger partial charge in [-0.2, -0.15) is 0 Å². The van der Waals surface area contributed by atoms with Crippen LogP contribution in [0.5, 0.6) is 11.5 Å². The van der Waals surface area contributed by atoms with E-state index >= 15 is 0 Å². The fraction of sp³-hybridized carbons (Fsp3) is 0.143. The van der Waals surface area contributed by atoms with E-state index in [0.29, 0.717) is 32.0 Å². The van der Waals surface area contributed by atoms with Crippen molar-refractivity contribution < 1.29 is 24.5 Å². The van der Waals surface area contributed by atoms with Crippen LogP contribution in [0, 0.1) is 0 Å². The number of carbonyl (C=O) groups excluding carboxylic acids is 1. The lowest BCUT2D eigenvalue weighted by molar-refractivity contribution is -0.138. The average Bonchev–Trinajstić information content (AvgIpc) is 2.98. The van der Waals surface area contributed by atoms with Crippen LogP contribution in [0.25, 0.3) is 6.08 Å². The van der Waals surface area contributed by atoms with Crippen LogP contribution in [0.4, 0.5) is 5.69 Å². The first kappa shape index (κ1) is 20.8. The molecular weight excluding hydrogens is 414 g/mol. The van der Waals surface area contributed by atoms with Crippen molar-refractivity contribution in [2.45, 2.75) is 6.92 Å². The van der Waals surface area contributed by atoms with Gasteiger partial charge in [-0.15, -0.1) is 0 Å². The van der Waals surface area contributed by atoms with Gasteiger partial charge in [0, 0.05) is 16.7 Å². The fourth-order valence-corrected chi connectivity index (χ4v) is 3.83. The highest BCUT2D eigenvalue weighted by molar-refractivity contribution is 8.18. The van der Waals surface area contributed by atoms with E-state index in [-0.39, 0.29) is 23.7 Å². The first-order valence-corrected chi connectivity index (χ1v) is 9.84. The minimum atomic E-state index is -0.667. The highest BCUT2D eigenvalue weighted by Crippen LogP contribution is 2.41. The van der Waals surface area contributed by atoms with Gasteiger partial charge in [0.2, 0.25) is 0 Å². The lowest BCUT2D eigenvalue weighted by atomic mass is 10.1. The number of benzene rings is 2. The third kappa shape index (κ3) is 4.75. The maximum absolute atomic E-state index is 12.4. The first-order chi connectivity index (χ1) is 13.9. The summed E-state index contributed by atoms with van der Waals surface area (Å²) in [4.78, 5) is 17.3. The van der Waals surface area contributed by atoms with Gasteiger partial charge in [0.15, 0.2) is 0 Å². The van der Waals surface area contributed by atoms with Gasteiger partial charge in [-0.1, -0.05) is 29.4 Å². The SMILES string of the molecule is CCOC(=O)C1=C(O)C(=Cc2ccc(O)cc2OC)SC1=Nc1cccc(Cl)c1. The number of hydrogen-bond acceptors (Lipinski definition) is 7. The first-order valence-electron chi connectivity index (χ1n) is 8.64. The molecule has 3 rings (SSSR count). The normalized spacial score (nSPS) is 16.5. The summed E-state index contributed by atoms with van der Waals surface area (Å²) in [7, 11) is 1.48. The summed E-state index contributed by atoms with van der Waals surface area (Å²) in [5.74, 6) is -0.425. The van der Waals surface area contributed by atoms with Crippen LogP contribution >= 0.6 is 23.4 Å². The van der Waals surface area contributed by atoms with Crippen LogP contribution < -0.4 is 4.74 Å². The minimum Gasteiger partial charge on any atom is -0.508 e. The van der Waals surface area contributed by atoms with E-state index in [1.165, 1.54) is 19.2 Å². The Kier molecular flexibility index (Phi) is 6.51. The highest BCUT2D eigenvalue weighted by Gasteiger charge is 2.33. The molecule has 0 radical (unpaired) electrons. The molecule has 2 aromatic rings. The number of phenolic OH excluding ortho intramolecular Hbond substituents is 1. The molecule has 0 unspecified atom stereocenters. The lowest BCUT2D eigenvalue weighted by Gasteiger charge is -2.06. The van der Waals surface area contributed by atoms with Gasteiger partial charge in [0.05, 0.1) is 24.3 Å². The summed E-state index contributed by atoms with van der Waals surface area (Å²) in [6.45, 7) is 1.85. The number of halogens is 1. The summed E-state index contributed by atoms with van der Waals surface area (Å²) in [5, 5.41) is 21.2. The van der Waals surface area contributed by atoms with Crippen LogP contribution in [0.3, 0.4) is 0 Å². The number of carbonyl (C=O) groups is 1. The number of esters is 1. The Hall–Kier alpha value is -2.90. The number of rotatable bonds is 5. The molecule has 0 fully saturated rings. The molecule has 1 aliphatic heterocycles. The number of aliphatic imine (C=N–C) groups is 1. The van der Waals surface area contributed by atoms with E-state index in [4.69, 9.17) is 21.1 Å². The number of aromatic hydroxyl groups is 1. The Morgan fingerprint density at radius 3 is 2.72 bits per heavy atom. The van der Waals surface area contributed by atoms with Gasteiger partial charge in [-0.3, -0.25) is 0 Å². The zero-order valence-corrected chi connectivity index (χ0v) is 17.3. The Labute approximate surface area is 177 Å². The molecule has 8 heteroatoms. The van der Waals surface area contributed by atoms with Crippen molar-refractivity contribution in [1.82, 2.24) is 0 Å². The third-order valence-corrected chi connectivity index (χ3v) is 5.17. The minimum absolute atomic E-state index is 0.0131. The van der Waals surface area contributed by atoms with Gasteiger partial charge < -0.3 is 19.7 Å². The van der Waals surface area contributed by atoms with Gasteiger partial charge in [0.25, 0.3) is 0 Å². The molecular formula is C21H18ClNO5S. The topological polar surface area (TPSA) is 88.4 Å². The highest BCUT2D eigenvalue weighted by atomic mass is 35.5. The number of thioether (sulfide) groups is 1.